The molecule has 0 saturated heterocycles. The zero-order valence-electron chi connectivity index (χ0n) is 10.9. The topological polar surface area (TPSA) is 69.4 Å². The van der Waals surface area contributed by atoms with Crippen molar-refractivity contribution < 1.29 is 14.0 Å². The monoisotopic (exact) mass is 271 g/mol. The van der Waals surface area contributed by atoms with Crippen molar-refractivity contribution in [3.63, 3.8) is 0 Å². The number of nitrogens with zero attached hydrogens (tertiary/aromatic N) is 1. The van der Waals surface area contributed by atoms with Gasteiger partial charge in [-0.25, -0.2) is 0 Å². The van der Waals surface area contributed by atoms with E-state index in [1.807, 2.05) is 13.8 Å². The summed E-state index contributed by atoms with van der Waals surface area (Å²) in [6, 6.07) is 4.81. The fourth-order valence-corrected chi connectivity index (χ4v) is 3.50. The van der Waals surface area contributed by atoms with Gasteiger partial charge in [0.2, 0.25) is 7.37 Å². The first-order valence-corrected chi connectivity index (χ1v) is 7.88. The average Bonchev–Trinajstić information content (AvgIpc) is 2.28. The number of hydrogen-bond acceptors (Lipinski definition) is 4. The number of hydrogen-bond donors (Lipinski definition) is 0. The molecule has 0 radical (unpaired) electrons. The molecule has 100 valence electrons. The van der Waals surface area contributed by atoms with Gasteiger partial charge in [-0.05, 0) is 25.5 Å². The summed E-state index contributed by atoms with van der Waals surface area (Å²) >= 11 is 0. The summed E-state index contributed by atoms with van der Waals surface area (Å²) in [4.78, 5) is 10.3. The molecular formula is C12H18NO4P. The standard InChI is InChI=1S/C12H18NO4P/c1-4-17-18(16,5-2)9-11-6-7-12(13(14)15)10(3)8-11/h6-8H,4-5,9H2,1-3H3. The Hall–Kier alpha value is -1.19. The summed E-state index contributed by atoms with van der Waals surface area (Å²) in [7, 11) is -2.65. The highest BCUT2D eigenvalue weighted by molar-refractivity contribution is 7.58. The number of nitro benzene ring substituents is 1. The molecule has 1 aromatic rings. The van der Waals surface area contributed by atoms with Crippen molar-refractivity contribution >= 4 is 13.1 Å². The van der Waals surface area contributed by atoms with Crippen LogP contribution < -0.4 is 0 Å². The van der Waals surface area contributed by atoms with Crippen LogP contribution in [0.15, 0.2) is 18.2 Å². The number of benzene rings is 1. The highest BCUT2D eigenvalue weighted by Crippen LogP contribution is 2.49. The highest BCUT2D eigenvalue weighted by atomic mass is 31.2. The Morgan fingerprint density at radius 3 is 2.50 bits per heavy atom. The summed E-state index contributed by atoms with van der Waals surface area (Å²) < 4.78 is 17.6. The molecule has 0 aromatic heterocycles. The summed E-state index contributed by atoms with van der Waals surface area (Å²) in [5.74, 6) is 0. The molecule has 0 saturated carbocycles. The summed E-state index contributed by atoms with van der Waals surface area (Å²) in [6.45, 7) is 5.73. The Morgan fingerprint density at radius 2 is 2.06 bits per heavy atom. The minimum Gasteiger partial charge on any atom is -0.329 e. The second-order valence-corrected chi connectivity index (χ2v) is 6.92. The molecule has 1 aromatic carbocycles. The van der Waals surface area contributed by atoms with E-state index in [1.165, 1.54) is 6.07 Å². The zero-order chi connectivity index (χ0) is 13.8. The van der Waals surface area contributed by atoms with Crippen LogP contribution in [-0.4, -0.2) is 17.7 Å². The van der Waals surface area contributed by atoms with Crippen molar-refractivity contribution in [1.82, 2.24) is 0 Å². The van der Waals surface area contributed by atoms with Crippen molar-refractivity contribution in [3.05, 3.63) is 39.4 Å². The lowest BCUT2D eigenvalue weighted by Crippen LogP contribution is -1.98. The van der Waals surface area contributed by atoms with E-state index in [1.54, 1.807) is 19.1 Å². The molecule has 0 N–H and O–H groups in total. The average molecular weight is 271 g/mol. The molecule has 1 unspecified atom stereocenters. The van der Waals surface area contributed by atoms with E-state index in [2.05, 4.69) is 0 Å². The Labute approximate surface area is 107 Å². The third-order valence-electron chi connectivity index (χ3n) is 2.73. The van der Waals surface area contributed by atoms with Crippen LogP contribution in [0, 0.1) is 17.0 Å². The van der Waals surface area contributed by atoms with Gasteiger partial charge in [-0.3, -0.25) is 14.7 Å². The lowest BCUT2D eigenvalue weighted by atomic mass is 10.1. The van der Waals surface area contributed by atoms with Crippen LogP contribution >= 0.6 is 7.37 Å². The fraction of sp³-hybridized carbons (Fsp3) is 0.500. The maximum atomic E-state index is 12.3. The van der Waals surface area contributed by atoms with E-state index in [-0.39, 0.29) is 5.69 Å². The van der Waals surface area contributed by atoms with Gasteiger partial charge in [-0.15, -0.1) is 0 Å². The van der Waals surface area contributed by atoms with Crippen molar-refractivity contribution in [2.45, 2.75) is 26.9 Å². The van der Waals surface area contributed by atoms with E-state index in [0.29, 0.717) is 24.5 Å². The minimum absolute atomic E-state index is 0.0847. The van der Waals surface area contributed by atoms with Gasteiger partial charge in [0.15, 0.2) is 0 Å². The van der Waals surface area contributed by atoms with Crippen LogP contribution in [0.3, 0.4) is 0 Å². The molecule has 0 bridgehead atoms. The van der Waals surface area contributed by atoms with Crippen LogP contribution in [0.4, 0.5) is 5.69 Å². The van der Waals surface area contributed by atoms with Gasteiger partial charge >= 0.3 is 0 Å². The molecule has 0 aliphatic rings. The SMILES string of the molecule is CCOP(=O)(CC)Cc1ccc([N+](=O)[O-])c(C)c1. The molecule has 18 heavy (non-hydrogen) atoms. The van der Waals surface area contributed by atoms with Crippen LogP contribution in [-0.2, 0) is 15.3 Å². The molecule has 0 spiro atoms. The van der Waals surface area contributed by atoms with Crippen molar-refractivity contribution in [1.29, 1.82) is 0 Å². The predicted molar refractivity (Wildman–Crippen MR) is 71.3 cm³/mol. The van der Waals surface area contributed by atoms with Gasteiger partial charge < -0.3 is 4.52 Å². The van der Waals surface area contributed by atoms with E-state index in [9.17, 15) is 14.7 Å². The van der Waals surface area contributed by atoms with Gasteiger partial charge in [-0.1, -0.05) is 13.0 Å². The Bertz CT molecular complexity index is 487. The van der Waals surface area contributed by atoms with E-state index in [4.69, 9.17) is 4.52 Å². The molecule has 6 heteroatoms. The van der Waals surface area contributed by atoms with Crippen molar-refractivity contribution in [2.75, 3.05) is 12.8 Å². The lowest BCUT2D eigenvalue weighted by Gasteiger charge is -2.16. The summed E-state index contributed by atoms with van der Waals surface area (Å²) in [6.07, 6.45) is 0.799. The highest BCUT2D eigenvalue weighted by Gasteiger charge is 2.21. The van der Waals surface area contributed by atoms with Gasteiger partial charge in [0, 0.05) is 24.0 Å². The molecule has 0 amide bonds. The van der Waals surface area contributed by atoms with E-state index in [0.717, 1.165) is 5.56 Å². The molecule has 1 rings (SSSR count). The Balaban J connectivity index is 2.95. The first kappa shape index (κ1) is 14.9. The Kier molecular flexibility index (Phi) is 5.05. The molecular weight excluding hydrogens is 253 g/mol. The van der Waals surface area contributed by atoms with Crippen LogP contribution in [0.1, 0.15) is 25.0 Å². The zero-order valence-corrected chi connectivity index (χ0v) is 11.8. The summed E-state index contributed by atoms with van der Waals surface area (Å²) in [5, 5.41) is 10.7. The quantitative estimate of drug-likeness (QED) is 0.449. The second kappa shape index (κ2) is 6.12. The van der Waals surface area contributed by atoms with Gasteiger partial charge in [0.1, 0.15) is 0 Å². The van der Waals surface area contributed by atoms with Crippen molar-refractivity contribution in [3.8, 4) is 0 Å². The molecule has 5 nitrogen and oxygen atoms in total. The maximum absolute atomic E-state index is 12.3. The number of nitro groups is 1. The van der Waals surface area contributed by atoms with Gasteiger partial charge in [0.25, 0.3) is 5.69 Å². The van der Waals surface area contributed by atoms with Crippen LogP contribution in [0.2, 0.25) is 0 Å². The minimum atomic E-state index is -2.65. The second-order valence-electron chi connectivity index (χ2n) is 4.08. The van der Waals surface area contributed by atoms with E-state index < -0.39 is 12.3 Å². The predicted octanol–water partition coefficient (Wildman–Crippen LogP) is 3.74. The first-order chi connectivity index (χ1) is 8.41. The van der Waals surface area contributed by atoms with Crippen molar-refractivity contribution in [2.24, 2.45) is 0 Å². The maximum Gasteiger partial charge on any atom is 0.272 e. The smallest absolute Gasteiger partial charge is 0.272 e. The van der Waals surface area contributed by atoms with Gasteiger partial charge in [0.05, 0.1) is 11.5 Å². The molecule has 0 fully saturated rings. The van der Waals surface area contributed by atoms with Gasteiger partial charge in [-0.2, -0.15) is 0 Å². The largest absolute Gasteiger partial charge is 0.329 e. The fourth-order valence-electron chi connectivity index (χ4n) is 1.78. The third kappa shape index (κ3) is 3.65. The molecule has 0 aliphatic carbocycles. The third-order valence-corrected chi connectivity index (χ3v) is 5.27. The lowest BCUT2D eigenvalue weighted by molar-refractivity contribution is -0.385. The number of rotatable bonds is 6. The number of aryl methyl sites for hydroxylation is 1. The van der Waals surface area contributed by atoms with Crippen LogP contribution in [0.5, 0.6) is 0 Å². The molecule has 0 aliphatic heterocycles. The Morgan fingerprint density at radius 1 is 1.39 bits per heavy atom. The molecule has 1 atom stereocenters. The van der Waals surface area contributed by atoms with E-state index >= 15 is 0 Å². The van der Waals surface area contributed by atoms with Crippen LogP contribution in [0.25, 0.3) is 0 Å². The normalized spacial score (nSPS) is 14.2. The first-order valence-electron chi connectivity index (χ1n) is 5.88. The summed E-state index contributed by atoms with van der Waals surface area (Å²) in [5.41, 5.74) is 1.48. The molecule has 0 heterocycles.